The fraction of sp³-hybridized carbons (Fsp3) is 0.474. The van der Waals surface area contributed by atoms with Crippen molar-refractivity contribution in [2.45, 2.75) is 44.3 Å². The van der Waals surface area contributed by atoms with Crippen LogP contribution in [0.25, 0.3) is 0 Å². The highest BCUT2D eigenvalue weighted by Crippen LogP contribution is 2.26. The molecule has 0 saturated carbocycles. The second kappa shape index (κ2) is 8.70. The summed E-state index contributed by atoms with van der Waals surface area (Å²) in [6.45, 7) is 3.87. The van der Waals surface area contributed by atoms with Crippen LogP contribution in [0.3, 0.4) is 0 Å². The summed E-state index contributed by atoms with van der Waals surface area (Å²) < 4.78 is 1.77. The summed E-state index contributed by atoms with van der Waals surface area (Å²) in [6, 6.07) is 9.28. The zero-order valence-electron chi connectivity index (χ0n) is 15.7. The average molecular weight is 405 g/mol. The van der Waals surface area contributed by atoms with Gasteiger partial charge in [0.05, 0.1) is 12.2 Å². The Balaban J connectivity index is 0.00000225. The lowest BCUT2D eigenvalue weighted by Crippen LogP contribution is -2.42. The fourth-order valence-electron chi connectivity index (χ4n) is 3.89. The molecule has 150 valence electrons. The Kier molecular flexibility index (Phi) is 6.31. The van der Waals surface area contributed by atoms with Crippen LogP contribution in [0.1, 0.15) is 42.7 Å². The van der Waals surface area contributed by atoms with Gasteiger partial charge in [0.1, 0.15) is 6.04 Å². The molecule has 8 nitrogen and oxygen atoms in total. The van der Waals surface area contributed by atoms with Crippen LogP contribution in [0.15, 0.2) is 36.5 Å². The number of rotatable bonds is 4. The number of nitrogens with zero attached hydrogens (tertiary/aromatic N) is 4. The Morgan fingerprint density at radius 3 is 2.64 bits per heavy atom. The van der Waals surface area contributed by atoms with Crippen molar-refractivity contribution in [1.29, 1.82) is 0 Å². The predicted octanol–water partition coefficient (Wildman–Crippen LogP) is 1.55. The summed E-state index contributed by atoms with van der Waals surface area (Å²) in [5.41, 5.74) is 1.11. The Morgan fingerprint density at radius 2 is 1.93 bits per heavy atom. The van der Waals surface area contributed by atoms with Gasteiger partial charge in [-0.1, -0.05) is 23.4 Å². The summed E-state index contributed by atoms with van der Waals surface area (Å²) in [5, 5.41) is 14.3. The van der Waals surface area contributed by atoms with E-state index >= 15 is 0 Å². The van der Waals surface area contributed by atoms with E-state index in [0.29, 0.717) is 6.42 Å². The maximum absolute atomic E-state index is 12.8. The third-order valence-electron chi connectivity index (χ3n) is 5.32. The summed E-state index contributed by atoms with van der Waals surface area (Å²) in [6.07, 6.45) is 4.19. The van der Waals surface area contributed by atoms with Crippen molar-refractivity contribution in [3.63, 3.8) is 0 Å². The molecule has 4 rings (SSSR count). The van der Waals surface area contributed by atoms with Gasteiger partial charge in [-0.2, -0.15) is 0 Å². The number of para-hydroxylation sites is 1. The van der Waals surface area contributed by atoms with Crippen LogP contribution in [0, 0.1) is 0 Å². The van der Waals surface area contributed by atoms with Gasteiger partial charge in [0.25, 0.3) is 5.91 Å². The lowest BCUT2D eigenvalue weighted by Gasteiger charge is -2.22. The van der Waals surface area contributed by atoms with Crippen LogP contribution in [-0.4, -0.2) is 52.0 Å². The number of carbonyl (C=O) groups is 2. The van der Waals surface area contributed by atoms with Crippen molar-refractivity contribution in [1.82, 2.24) is 25.6 Å². The van der Waals surface area contributed by atoms with E-state index in [9.17, 15) is 9.59 Å². The summed E-state index contributed by atoms with van der Waals surface area (Å²) in [7, 11) is 0. The zero-order chi connectivity index (χ0) is 18.8. The van der Waals surface area contributed by atoms with Gasteiger partial charge < -0.3 is 15.5 Å². The van der Waals surface area contributed by atoms with Gasteiger partial charge >= 0.3 is 0 Å². The Morgan fingerprint density at radius 1 is 1.21 bits per heavy atom. The van der Waals surface area contributed by atoms with E-state index in [-0.39, 0.29) is 42.0 Å². The molecule has 0 spiro atoms. The number of anilines is 1. The highest BCUT2D eigenvalue weighted by molar-refractivity contribution is 6.03. The van der Waals surface area contributed by atoms with E-state index in [1.165, 1.54) is 0 Å². The molecule has 2 atom stereocenters. The molecule has 1 aromatic heterocycles. The average Bonchev–Trinajstić information content (AvgIpc) is 3.29. The van der Waals surface area contributed by atoms with E-state index in [0.717, 1.165) is 31.6 Å². The first kappa shape index (κ1) is 20.3. The molecule has 2 saturated heterocycles. The van der Waals surface area contributed by atoms with Gasteiger partial charge in [0, 0.05) is 11.7 Å². The maximum atomic E-state index is 12.8. The van der Waals surface area contributed by atoms with E-state index in [4.69, 9.17) is 0 Å². The van der Waals surface area contributed by atoms with Gasteiger partial charge in [0.2, 0.25) is 5.91 Å². The minimum absolute atomic E-state index is 0. The standard InChI is InChI=1S/C19H24N6O2.ClH/c1-13-11-16(19(27)25(13)15-5-3-2-4-6-15)21-18(26)17-12-24(23-22-17)14-7-9-20-10-8-14;/h2-6,12-14,16,20H,7-11H2,1H3,(H,21,26);1H. The summed E-state index contributed by atoms with van der Waals surface area (Å²) in [5.74, 6) is -0.441. The Bertz CT molecular complexity index is 821. The predicted molar refractivity (Wildman–Crippen MR) is 108 cm³/mol. The van der Waals surface area contributed by atoms with Crippen LogP contribution in [-0.2, 0) is 4.79 Å². The monoisotopic (exact) mass is 404 g/mol. The molecule has 2 aliphatic heterocycles. The van der Waals surface area contributed by atoms with Crippen molar-refractivity contribution >= 4 is 29.9 Å². The molecular weight excluding hydrogens is 380 g/mol. The number of halogens is 1. The molecule has 2 aliphatic rings. The van der Waals surface area contributed by atoms with Crippen molar-refractivity contribution in [2.24, 2.45) is 0 Å². The van der Waals surface area contributed by atoms with Crippen molar-refractivity contribution in [2.75, 3.05) is 18.0 Å². The van der Waals surface area contributed by atoms with Gasteiger partial charge in [0.15, 0.2) is 5.69 Å². The quantitative estimate of drug-likeness (QED) is 0.806. The molecule has 28 heavy (non-hydrogen) atoms. The third kappa shape index (κ3) is 4.02. The molecule has 0 bridgehead atoms. The molecule has 0 aliphatic carbocycles. The first-order valence-corrected chi connectivity index (χ1v) is 9.45. The number of piperidine rings is 1. The molecule has 2 fully saturated rings. The number of hydrogen-bond donors (Lipinski definition) is 2. The minimum Gasteiger partial charge on any atom is -0.339 e. The second-order valence-electron chi connectivity index (χ2n) is 7.22. The van der Waals surface area contributed by atoms with Crippen LogP contribution in [0.4, 0.5) is 5.69 Å². The molecule has 2 unspecified atom stereocenters. The Hall–Kier alpha value is -2.45. The highest BCUT2D eigenvalue weighted by atomic mass is 35.5. The molecule has 2 aromatic rings. The summed E-state index contributed by atoms with van der Waals surface area (Å²) >= 11 is 0. The SMILES string of the molecule is CC1CC(NC(=O)c2cn(C3CCNCC3)nn2)C(=O)N1c1ccccc1.Cl. The van der Waals surface area contributed by atoms with Crippen LogP contribution >= 0.6 is 12.4 Å². The molecule has 0 radical (unpaired) electrons. The molecule has 2 N–H and O–H groups in total. The molecule has 3 heterocycles. The van der Waals surface area contributed by atoms with Gasteiger partial charge in [-0.3, -0.25) is 9.59 Å². The number of benzene rings is 1. The normalized spacial score (nSPS) is 22.8. The molecule has 9 heteroatoms. The molecule has 1 aromatic carbocycles. The van der Waals surface area contributed by atoms with Gasteiger partial charge in [-0.15, -0.1) is 17.5 Å². The van der Waals surface area contributed by atoms with E-state index < -0.39 is 6.04 Å². The highest BCUT2D eigenvalue weighted by Gasteiger charge is 2.39. The topological polar surface area (TPSA) is 92.1 Å². The fourth-order valence-corrected chi connectivity index (χ4v) is 3.89. The molecule has 2 amide bonds. The van der Waals surface area contributed by atoms with Crippen LogP contribution < -0.4 is 15.5 Å². The number of amides is 2. The Labute approximate surface area is 170 Å². The molecular formula is C19H25ClN6O2. The van der Waals surface area contributed by atoms with Crippen molar-refractivity contribution < 1.29 is 9.59 Å². The first-order valence-electron chi connectivity index (χ1n) is 9.45. The third-order valence-corrected chi connectivity index (χ3v) is 5.32. The smallest absolute Gasteiger partial charge is 0.274 e. The largest absolute Gasteiger partial charge is 0.339 e. The first-order chi connectivity index (χ1) is 13.1. The van der Waals surface area contributed by atoms with Crippen LogP contribution in [0.2, 0.25) is 0 Å². The maximum Gasteiger partial charge on any atom is 0.274 e. The lowest BCUT2D eigenvalue weighted by atomic mass is 10.1. The summed E-state index contributed by atoms with van der Waals surface area (Å²) in [4.78, 5) is 27.1. The second-order valence-corrected chi connectivity index (χ2v) is 7.22. The van der Waals surface area contributed by atoms with Crippen molar-refractivity contribution in [3.05, 3.63) is 42.2 Å². The lowest BCUT2D eigenvalue weighted by molar-refractivity contribution is -0.118. The van der Waals surface area contributed by atoms with Gasteiger partial charge in [-0.05, 0) is 51.4 Å². The minimum atomic E-state index is -0.545. The van der Waals surface area contributed by atoms with Crippen LogP contribution in [0.5, 0.6) is 0 Å². The van der Waals surface area contributed by atoms with E-state index in [1.807, 2.05) is 37.3 Å². The van der Waals surface area contributed by atoms with E-state index in [1.54, 1.807) is 15.8 Å². The number of aromatic nitrogens is 3. The van der Waals surface area contributed by atoms with Gasteiger partial charge in [-0.25, -0.2) is 4.68 Å². The number of hydrogen-bond acceptors (Lipinski definition) is 5. The van der Waals surface area contributed by atoms with Crippen molar-refractivity contribution in [3.8, 4) is 0 Å². The van der Waals surface area contributed by atoms with E-state index in [2.05, 4.69) is 20.9 Å². The number of nitrogens with one attached hydrogen (secondary N) is 2. The number of carbonyl (C=O) groups excluding carboxylic acids is 2. The zero-order valence-corrected chi connectivity index (χ0v) is 16.6.